The molecule has 0 aliphatic heterocycles. The quantitative estimate of drug-likeness (QED) is 0.778. The Balaban J connectivity index is 2.49. The van der Waals surface area contributed by atoms with Gasteiger partial charge in [0.25, 0.3) is 0 Å². The molecule has 0 spiro atoms. The van der Waals surface area contributed by atoms with Crippen LogP contribution in [0.5, 0.6) is 0 Å². The lowest BCUT2D eigenvalue weighted by Gasteiger charge is -2.34. The predicted octanol–water partition coefficient (Wildman–Crippen LogP) is 2.30. The Morgan fingerprint density at radius 1 is 1.35 bits per heavy atom. The van der Waals surface area contributed by atoms with Gasteiger partial charge in [0.05, 0.1) is 0 Å². The van der Waals surface area contributed by atoms with Crippen LogP contribution in [0.3, 0.4) is 0 Å². The maximum Gasteiger partial charge on any atom is 0.223 e. The fourth-order valence-corrected chi connectivity index (χ4v) is 2.21. The summed E-state index contributed by atoms with van der Waals surface area (Å²) in [5.74, 6) is 0.838. The van der Waals surface area contributed by atoms with Crippen molar-refractivity contribution in [2.24, 2.45) is 23.0 Å². The lowest BCUT2D eigenvalue weighted by molar-refractivity contribution is -0.127. The Morgan fingerprint density at radius 3 is 2.41 bits per heavy atom. The van der Waals surface area contributed by atoms with Gasteiger partial charge >= 0.3 is 0 Å². The van der Waals surface area contributed by atoms with Gasteiger partial charge in [0.1, 0.15) is 0 Å². The van der Waals surface area contributed by atoms with Gasteiger partial charge in [0.15, 0.2) is 0 Å². The molecule has 1 amide bonds. The molecule has 1 saturated carbocycles. The number of hydrogen-bond acceptors (Lipinski definition) is 2. The van der Waals surface area contributed by atoms with Gasteiger partial charge in [0.2, 0.25) is 5.91 Å². The van der Waals surface area contributed by atoms with E-state index in [1.807, 2.05) is 0 Å². The highest BCUT2D eigenvalue weighted by molar-refractivity contribution is 5.79. The molecule has 0 saturated heterocycles. The molecule has 1 aliphatic carbocycles. The molecule has 1 rings (SSSR count). The lowest BCUT2D eigenvalue weighted by Crippen LogP contribution is -2.46. The molecule has 1 fully saturated rings. The molecule has 17 heavy (non-hydrogen) atoms. The predicted molar refractivity (Wildman–Crippen MR) is 71.5 cm³/mol. The van der Waals surface area contributed by atoms with Gasteiger partial charge < -0.3 is 11.1 Å². The van der Waals surface area contributed by atoms with Crippen LogP contribution in [0.1, 0.15) is 53.9 Å². The number of nitrogens with two attached hydrogens (primary N) is 1. The van der Waals surface area contributed by atoms with Crippen molar-refractivity contribution in [2.75, 3.05) is 0 Å². The highest BCUT2D eigenvalue weighted by Gasteiger charge is 2.31. The second kappa shape index (κ2) is 5.38. The molecular formula is C14H28N2O. The molecule has 4 unspecified atom stereocenters. The van der Waals surface area contributed by atoms with Crippen LogP contribution in [0.25, 0.3) is 0 Å². The third kappa shape index (κ3) is 3.98. The van der Waals surface area contributed by atoms with E-state index in [-0.39, 0.29) is 29.3 Å². The van der Waals surface area contributed by atoms with Crippen molar-refractivity contribution in [2.45, 2.75) is 66.0 Å². The summed E-state index contributed by atoms with van der Waals surface area (Å²) in [5, 5.41) is 3.15. The maximum atomic E-state index is 12.2. The SMILES string of the molecule is CC1CC(C(=O)NC(C)C(C)(C)C)CCC1N. The Hall–Kier alpha value is -0.570. The minimum Gasteiger partial charge on any atom is -0.353 e. The molecule has 3 heteroatoms. The first-order chi connectivity index (χ1) is 7.71. The second-order valence-corrected chi connectivity index (χ2v) is 6.75. The third-order valence-electron chi connectivity index (χ3n) is 4.26. The van der Waals surface area contributed by atoms with E-state index in [1.54, 1.807) is 0 Å². The minimum atomic E-state index is 0.117. The lowest BCUT2D eigenvalue weighted by atomic mass is 9.78. The molecule has 0 radical (unpaired) electrons. The van der Waals surface area contributed by atoms with Crippen molar-refractivity contribution in [1.82, 2.24) is 5.32 Å². The van der Waals surface area contributed by atoms with Crippen molar-refractivity contribution in [3.8, 4) is 0 Å². The summed E-state index contributed by atoms with van der Waals surface area (Å²) in [6.45, 7) is 10.7. The standard InChI is InChI=1S/C14H28N2O/c1-9-8-11(6-7-12(9)15)13(17)16-10(2)14(3,4)5/h9-12H,6-8,15H2,1-5H3,(H,16,17). The average Bonchev–Trinajstić information content (AvgIpc) is 2.20. The Morgan fingerprint density at radius 2 is 1.94 bits per heavy atom. The molecular weight excluding hydrogens is 212 g/mol. The van der Waals surface area contributed by atoms with Gasteiger partial charge in [-0.15, -0.1) is 0 Å². The van der Waals surface area contributed by atoms with Crippen molar-refractivity contribution < 1.29 is 4.79 Å². The van der Waals surface area contributed by atoms with Gasteiger partial charge in [-0.2, -0.15) is 0 Å². The zero-order valence-corrected chi connectivity index (χ0v) is 11.9. The van der Waals surface area contributed by atoms with Crippen LogP contribution in [-0.4, -0.2) is 18.0 Å². The highest BCUT2D eigenvalue weighted by atomic mass is 16.1. The molecule has 0 aromatic rings. The number of carbonyl (C=O) groups is 1. The van der Waals surface area contributed by atoms with Gasteiger partial charge in [-0.3, -0.25) is 4.79 Å². The normalized spacial score (nSPS) is 32.0. The first kappa shape index (κ1) is 14.5. The monoisotopic (exact) mass is 240 g/mol. The van der Waals surface area contributed by atoms with Crippen molar-refractivity contribution >= 4 is 5.91 Å². The van der Waals surface area contributed by atoms with Crippen LogP contribution in [0.15, 0.2) is 0 Å². The van der Waals surface area contributed by atoms with Crippen molar-refractivity contribution in [1.29, 1.82) is 0 Å². The first-order valence-corrected chi connectivity index (χ1v) is 6.77. The summed E-state index contributed by atoms with van der Waals surface area (Å²) in [6.07, 6.45) is 2.85. The number of carbonyl (C=O) groups excluding carboxylic acids is 1. The Labute approximate surface area is 106 Å². The largest absolute Gasteiger partial charge is 0.353 e. The summed E-state index contributed by atoms with van der Waals surface area (Å²) in [4.78, 5) is 12.2. The van der Waals surface area contributed by atoms with Crippen LogP contribution in [0.4, 0.5) is 0 Å². The average molecular weight is 240 g/mol. The summed E-state index contributed by atoms with van der Waals surface area (Å²) >= 11 is 0. The van der Waals surface area contributed by atoms with Gasteiger partial charge in [0, 0.05) is 18.0 Å². The minimum absolute atomic E-state index is 0.117. The number of nitrogens with one attached hydrogen (secondary N) is 1. The van der Waals surface area contributed by atoms with E-state index >= 15 is 0 Å². The van der Waals surface area contributed by atoms with Crippen molar-refractivity contribution in [3.05, 3.63) is 0 Å². The zero-order valence-electron chi connectivity index (χ0n) is 11.9. The maximum absolute atomic E-state index is 12.2. The summed E-state index contributed by atoms with van der Waals surface area (Å²) in [5.41, 5.74) is 6.10. The van der Waals surface area contributed by atoms with Crippen LogP contribution < -0.4 is 11.1 Å². The van der Waals surface area contributed by atoms with Gasteiger partial charge in [-0.05, 0) is 37.5 Å². The summed E-state index contributed by atoms with van der Waals surface area (Å²) in [6, 6.07) is 0.486. The van der Waals surface area contributed by atoms with Crippen molar-refractivity contribution in [3.63, 3.8) is 0 Å². The molecule has 0 aromatic heterocycles. The van der Waals surface area contributed by atoms with Gasteiger partial charge in [-0.1, -0.05) is 27.7 Å². The fraction of sp³-hybridized carbons (Fsp3) is 0.929. The zero-order chi connectivity index (χ0) is 13.2. The molecule has 1 aliphatic rings. The van der Waals surface area contributed by atoms with E-state index in [2.05, 4.69) is 39.9 Å². The number of amides is 1. The van der Waals surface area contributed by atoms with Crippen LogP contribution in [0.2, 0.25) is 0 Å². The molecule has 3 N–H and O–H groups in total. The Bertz CT molecular complexity index is 270. The molecule has 0 bridgehead atoms. The highest BCUT2D eigenvalue weighted by Crippen LogP contribution is 2.28. The summed E-state index contributed by atoms with van der Waals surface area (Å²) in [7, 11) is 0. The van der Waals surface area contributed by atoms with E-state index in [9.17, 15) is 4.79 Å². The van der Waals surface area contributed by atoms with E-state index < -0.39 is 0 Å². The second-order valence-electron chi connectivity index (χ2n) is 6.75. The van der Waals surface area contributed by atoms with E-state index in [1.165, 1.54) is 0 Å². The van der Waals surface area contributed by atoms with E-state index in [0.29, 0.717) is 5.92 Å². The van der Waals surface area contributed by atoms with E-state index in [0.717, 1.165) is 19.3 Å². The number of rotatable bonds is 2. The smallest absolute Gasteiger partial charge is 0.223 e. The number of hydrogen-bond donors (Lipinski definition) is 2. The van der Waals surface area contributed by atoms with E-state index in [4.69, 9.17) is 5.73 Å². The third-order valence-corrected chi connectivity index (χ3v) is 4.26. The molecule has 0 heterocycles. The van der Waals surface area contributed by atoms with Crippen LogP contribution in [0, 0.1) is 17.3 Å². The fourth-order valence-electron chi connectivity index (χ4n) is 2.21. The summed E-state index contributed by atoms with van der Waals surface area (Å²) < 4.78 is 0. The molecule has 3 nitrogen and oxygen atoms in total. The molecule has 0 aromatic carbocycles. The topological polar surface area (TPSA) is 55.1 Å². The van der Waals surface area contributed by atoms with Gasteiger partial charge in [-0.25, -0.2) is 0 Å². The Kier molecular flexibility index (Phi) is 4.59. The molecule has 4 atom stereocenters. The first-order valence-electron chi connectivity index (χ1n) is 6.77. The molecule has 100 valence electrons. The van der Waals surface area contributed by atoms with Crippen LogP contribution in [-0.2, 0) is 4.79 Å². The van der Waals surface area contributed by atoms with Crippen LogP contribution >= 0.6 is 0 Å².